The summed E-state index contributed by atoms with van der Waals surface area (Å²) in [6, 6.07) is 8.53. The van der Waals surface area contributed by atoms with Crippen LogP contribution in [0.15, 0.2) is 38.9 Å². The van der Waals surface area contributed by atoms with Crippen molar-refractivity contribution in [2.24, 2.45) is 0 Å². The quantitative estimate of drug-likeness (QED) is 0.898. The van der Waals surface area contributed by atoms with E-state index in [0.29, 0.717) is 0 Å². The Bertz CT molecular complexity index is 541. The molecule has 19 heavy (non-hydrogen) atoms. The van der Waals surface area contributed by atoms with Crippen molar-refractivity contribution in [1.82, 2.24) is 10.3 Å². The number of thiazole rings is 1. The van der Waals surface area contributed by atoms with Crippen molar-refractivity contribution in [2.45, 2.75) is 49.0 Å². The molecule has 2 rings (SSSR count). The zero-order valence-corrected chi connectivity index (χ0v) is 13.5. The molecule has 2 aromatic rings. The maximum Gasteiger partial charge on any atom is 0.154 e. The molecular weight excluding hydrogens is 272 g/mol. The molecule has 1 heterocycles. The maximum atomic E-state index is 4.52. The van der Waals surface area contributed by atoms with Crippen LogP contribution >= 0.6 is 23.1 Å². The lowest BCUT2D eigenvalue weighted by Crippen LogP contribution is -2.35. The van der Waals surface area contributed by atoms with Gasteiger partial charge in [-0.1, -0.05) is 30.0 Å². The highest BCUT2D eigenvalue weighted by molar-refractivity contribution is 8.01. The van der Waals surface area contributed by atoms with Crippen LogP contribution in [0.25, 0.3) is 0 Å². The highest BCUT2D eigenvalue weighted by Gasteiger charge is 2.11. The number of hydrogen-bond donors (Lipinski definition) is 1. The minimum Gasteiger partial charge on any atom is -0.308 e. The van der Waals surface area contributed by atoms with Gasteiger partial charge in [0, 0.05) is 28.1 Å². The Hall–Kier alpha value is -0.840. The topological polar surface area (TPSA) is 24.9 Å². The van der Waals surface area contributed by atoms with Crippen LogP contribution in [-0.4, -0.2) is 10.5 Å². The summed E-state index contributed by atoms with van der Waals surface area (Å²) in [5, 5.41) is 5.63. The van der Waals surface area contributed by atoms with E-state index in [9.17, 15) is 0 Å². The van der Waals surface area contributed by atoms with Crippen LogP contribution in [0.5, 0.6) is 0 Å². The predicted octanol–water partition coefficient (Wildman–Crippen LogP) is 4.49. The van der Waals surface area contributed by atoms with E-state index in [1.807, 2.05) is 6.92 Å². The molecule has 0 saturated heterocycles. The third kappa shape index (κ3) is 4.64. The SMILES string of the molecule is Cc1csc(Sc2ccccc2CNC(C)(C)C)n1. The van der Waals surface area contributed by atoms with Gasteiger partial charge >= 0.3 is 0 Å². The first-order valence-corrected chi connectivity index (χ1v) is 8.06. The van der Waals surface area contributed by atoms with Crippen molar-refractivity contribution in [3.63, 3.8) is 0 Å². The average molecular weight is 292 g/mol. The summed E-state index contributed by atoms with van der Waals surface area (Å²) in [5.41, 5.74) is 2.56. The van der Waals surface area contributed by atoms with Gasteiger partial charge in [-0.2, -0.15) is 0 Å². The summed E-state index contributed by atoms with van der Waals surface area (Å²) in [7, 11) is 0. The molecule has 0 unspecified atom stereocenters. The highest BCUT2D eigenvalue weighted by atomic mass is 32.2. The zero-order valence-electron chi connectivity index (χ0n) is 11.9. The number of nitrogens with one attached hydrogen (secondary N) is 1. The molecule has 2 nitrogen and oxygen atoms in total. The first-order valence-electron chi connectivity index (χ1n) is 6.37. The summed E-state index contributed by atoms with van der Waals surface area (Å²) < 4.78 is 1.11. The van der Waals surface area contributed by atoms with E-state index < -0.39 is 0 Å². The van der Waals surface area contributed by atoms with E-state index in [0.717, 1.165) is 16.6 Å². The Morgan fingerprint density at radius 3 is 2.63 bits per heavy atom. The second kappa shape index (κ2) is 6.07. The van der Waals surface area contributed by atoms with Crippen LogP contribution in [0.3, 0.4) is 0 Å². The molecule has 102 valence electrons. The van der Waals surface area contributed by atoms with Crippen LogP contribution in [0.2, 0.25) is 0 Å². The Morgan fingerprint density at radius 2 is 2.00 bits per heavy atom. The number of aryl methyl sites for hydroxylation is 1. The van der Waals surface area contributed by atoms with Crippen LogP contribution in [0, 0.1) is 6.92 Å². The maximum absolute atomic E-state index is 4.52. The minimum absolute atomic E-state index is 0.134. The van der Waals surface area contributed by atoms with Crippen molar-refractivity contribution in [2.75, 3.05) is 0 Å². The third-order valence-corrected chi connectivity index (χ3v) is 4.75. The molecule has 0 bridgehead atoms. The van der Waals surface area contributed by atoms with E-state index in [4.69, 9.17) is 0 Å². The third-order valence-electron chi connectivity index (χ3n) is 2.58. The van der Waals surface area contributed by atoms with Crippen LogP contribution < -0.4 is 5.32 Å². The molecule has 1 N–H and O–H groups in total. The van der Waals surface area contributed by atoms with Gasteiger partial charge in [0.2, 0.25) is 0 Å². The second-order valence-corrected chi connectivity index (χ2v) is 7.72. The fourth-order valence-electron chi connectivity index (χ4n) is 1.58. The fourth-order valence-corrected chi connectivity index (χ4v) is 3.51. The lowest BCUT2D eigenvalue weighted by atomic mass is 10.1. The molecule has 0 aliphatic carbocycles. The summed E-state index contributed by atoms with van der Waals surface area (Å²) in [4.78, 5) is 5.80. The number of aromatic nitrogens is 1. The van der Waals surface area contributed by atoms with Gasteiger partial charge in [0.05, 0.1) is 0 Å². The lowest BCUT2D eigenvalue weighted by molar-refractivity contribution is 0.422. The van der Waals surface area contributed by atoms with Crippen LogP contribution in [-0.2, 0) is 6.54 Å². The largest absolute Gasteiger partial charge is 0.308 e. The van der Waals surface area contributed by atoms with Gasteiger partial charge in [0.1, 0.15) is 0 Å². The van der Waals surface area contributed by atoms with E-state index in [1.165, 1.54) is 10.5 Å². The highest BCUT2D eigenvalue weighted by Crippen LogP contribution is 2.32. The fraction of sp³-hybridized carbons (Fsp3) is 0.400. The van der Waals surface area contributed by atoms with Gasteiger partial charge in [-0.15, -0.1) is 11.3 Å². The first kappa shape index (κ1) is 14.6. The molecule has 1 aromatic heterocycles. The Balaban J connectivity index is 2.12. The molecule has 0 atom stereocenters. The van der Waals surface area contributed by atoms with Gasteiger partial charge < -0.3 is 5.32 Å². The summed E-state index contributed by atoms with van der Waals surface area (Å²) in [6.07, 6.45) is 0. The molecule has 0 radical (unpaired) electrons. The molecule has 1 aromatic carbocycles. The normalized spacial score (nSPS) is 11.8. The number of hydrogen-bond acceptors (Lipinski definition) is 4. The summed E-state index contributed by atoms with van der Waals surface area (Å²) in [6.45, 7) is 9.48. The molecule has 0 spiro atoms. The molecule has 0 aliphatic heterocycles. The number of rotatable bonds is 4. The Kier molecular flexibility index (Phi) is 4.66. The second-order valence-electron chi connectivity index (χ2n) is 5.57. The lowest BCUT2D eigenvalue weighted by Gasteiger charge is -2.21. The zero-order chi connectivity index (χ0) is 13.9. The van der Waals surface area contributed by atoms with Crippen molar-refractivity contribution < 1.29 is 0 Å². The van der Waals surface area contributed by atoms with Crippen molar-refractivity contribution in [1.29, 1.82) is 0 Å². The van der Waals surface area contributed by atoms with E-state index in [-0.39, 0.29) is 5.54 Å². The van der Waals surface area contributed by atoms with Gasteiger partial charge in [0.25, 0.3) is 0 Å². The Labute approximate surface area is 123 Å². The minimum atomic E-state index is 0.134. The van der Waals surface area contributed by atoms with Crippen molar-refractivity contribution in [3.05, 3.63) is 40.9 Å². The van der Waals surface area contributed by atoms with Gasteiger partial charge in [0.15, 0.2) is 4.34 Å². The molecule has 0 saturated carbocycles. The van der Waals surface area contributed by atoms with Gasteiger partial charge in [-0.3, -0.25) is 0 Å². The molecule has 0 amide bonds. The molecule has 0 aliphatic rings. The Morgan fingerprint density at radius 1 is 1.26 bits per heavy atom. The molecule has 4 heteroatoms. The smallest absolute Gasteiger partial charge is 0.154 e. The van der Waals surface area contributed by atoms with Crippen LogP contribution in [0.4, 0.5) is 0 Å². The van der Waals surface area contributed by atoms with Gasteiger partial charge in [-0.25, -0.2) is 4.98 Å². The van der Waals surface area contributed by atoms with Gasteiger partial charge in [-0.05, 0) is 39.3 Å². The van der Waals surface area contributed by atoms with Crippen LogP contribution in [0.1, 0.15) is 32.0 Å². The van der Waals surface area contributed by atoms with E-state index in [2.05, 4.69) is 60.7 Å². The van der Waals surface area contributed by atoms with Crippen molar-refractivity contribution in [3.8, 4) is 0 Å². The monoisotopic (exact) mass is 292 g/mol. The standard InChI is InChI=1S/C15H20N2S2/c1-11-10-18-14(17-11)19-13-8-6-5-7-12(13)9-16-15(2,3)4/h5-8,10,16H,9H2,1-4H3. The van der Waals surface area contributed by atoms with E-state index in [1.54, 1.807) is 23.1 Å². The van der Waals surface area contributed by atoms with E-state index >= 15 is 0 Å². The summed E-state index contributed by atoms with van der Waals surface area (Å²) in [5.74, 6) is 0. The first-order chi connectivity index (χ1) is 8.94. The molecule has 0 fully saturated rings. The molecular formula is C15H20N2S2. The predicted molar refractivity (Wildman–Crippen MR) is 84.0 cm³/mol. The summed E-state index contributed by atoms with van der Waals surface area (Å²) >= 11 is 3.46. The number of benzene rings is 1. The number of nitrogens with zero attached hydrogens (tertiary/aromatic N) is 1. The van der Waals surface area contributed by atoms with Crippen molar-refractivity contribution >= 4 is 23.1 Å². The average Bonchev–Trinajstić information content (AvgIpc) is 2.73.